The summed E-state index contributed by atoms with van der Waals surface area (Å²) < 4.78 is 12.6. The van der Waals surface area contributed by atoms with Gasteiger partial charge in [-0.1, -0.05) is 29.3 Å². The van der Waals surface area contributed by atoms with Crippen LogP contribution in [0.3, 0.4) is 0 Å². The Hall–Kier alpha value is -2.76. The molecular formula is C21H16Cl2N2O3. The van der Waals surface area contributed by atoms with E-state index in [4.69, 9.17) is 32.7 Å². The molecule has 4 rings (SSSR count). The molecule has 7 heteroatoms. The monoisotopic (exact) mass is 414 g/mol. The Morgan fingerprint density at radius 2 is 1.89 bits per heavy atom. The molecule has 28 heavy (non-hydrogen) atoms. The normalized spacial score (nSPS) is 13.1. The van der Waals surface area contributed by atoms with Crippen molar-refractivity contribution in [2.24, 2.45) is 0 Å². The lowest BCUT2D eigenvalue weighted by Gasteiger charge is -2.18. The molecule has 0 bridgehead atoms. The standard InChI is InChI=1S/C21H16Cl2N2O3/c1-13-17(21(23)25(24-13)16-4-2-3-15(22)12-16)6-7-18(26)14-5-8-19-20(11-14)28-10-9-27-19/h2-8,11-12H,9-10H2,1H3. The first-order chi connectivity index (χ1) is 13.5. The summed E-state index contributed by atoms with van der Waals surface area (Å²) in [6.45, 7) is 2.81. The fourth-order valence-corrected chi connectivity index (χ4v) is 3.45. The number of carbonyl (C=O) groups is 1. The topological polar surface area (TPSA) is 53.4 Å². The molecule has 2 aromatic carbocycles. The van der Waals surface area contributed by atoms with E-state index >= 15 is 0 Å². The van der Waals surface area contributed by atoms with Crippen LogP contribution in [0.2, 0.25) is 10.2 Å². The number of carbonyl (C=O) groups excluding carboxylic acids is 1. The summed E-state index contributed by atoms with van der Waals surface area (Å²) >= 11 is 12.6. The second-order valence-electron chi connectivity index (χ2n) is 6.24. The molecule has 142 valence electrons. The lowest BCUT2D eigenvalue weighted by atomic mass is 10.1. The second kappa shape index (κ2) is 7.70. The number of ketones is 1. The number of halogens is 2. The van der Waals surface area contributed by atoms with Crippen molar-refractivity contribution < 1.29 is 14.3 Å². The molecule has 5 nitrogen and oxygen atoms in total. The third kappa shape index (κ3) is 3.63. The summed E-state index contributed by atoms with van der Waals surface area (Å²) in [7, 11) is 0. The van der Waals surface area contributed by atoms with Crippen molar-refractivity contribution in [3.8, 4) is 17.2 Å². The van der Waals surface area contributed by atoms with E-state index in [-0.39, 0.29) is 5.78 Å². The molecule has 1 aromatic heterocycles. The first-order valence-corrected chi connectivity index (χ1v) is 9.41. The summed E-state index contributed by atoms with van der Waals surface area (Å²) in [5, 5.41) is 5.46. The highest BCUT2D eigenvalue weighted by molar-refractivity contribution is 6.32. The average molecular weight is 415 g/mol. The van der Waals surface area contributed by atoms with E-state index in [2.05, 4.69) is 5.10 Å². The van der Waals surface area contributed by atoms with Gasteiger partial charge in [-0.05, 0) is 55.5 Å². The van der Waals surface area contributed by atoms with Crippen molar-refractivity contribution in [3.05, 3.63) is 75.5 Å². The number of hydrogen-bond acceptors (Lipinski definition) is 4. The van der Waals surface area contributed by atoms with E-state index in [0.29, 0.717) is 51.7 Å². The minimum atomic E-state index is -0.164. The zero-order valence-electron chi connectivity index (χ0n) is 15.0. The zero-order chi connectivity index (χ0) is 19.7. The molecule has 0 spiro atoms. The largest absolute Gasteiger partial charge is 0.486 e. The van der Waals surface area contributed by atoms with Gasteiger partial charge < -0.3 is 9.47 Å². The molecule has 3 aromatic rings. The lowest BCUT2D eigenvalue weighted by Crippen LogP contribution is -2.15. The number of aryl methyl sites for hydroxylation is 1. The lowest BCUT2D eigenvalue weighted by molar-refractivity contribution is 0.104. The molecule has 0 atom stereocenters. The van der Waals surface area contributed by atoms with Crippen LogP contribution in [0.25, 0.3) is 11.8 Å². The summed E-state index contributed by atoms with van der Waals surface area (Å²) in [5.41, 5.74) is 2.64. The summed E-state index contributed by atoms with van der Waals surface area (Å²) in [5.74, 6) is 1.06. The van der Waals surface area contributed by atoms with E-state index in [0.717, 1.165) is 5.69 Å². The molecule has 0 radical (unpaired) electrons. The molecule has 0 N–H and O–H groups in total. The maximum atomic E-state index is 12.6. The van der Waals surface area contributed by atoms with Crippen molar-refractivity contribution in [2.45, 2.75) is 6.92 Å². The number of allylic oxidation sites excluding steroid dienone is 1. The van der Waals surface area contributed by atoms with E-state index in [1.54, 1.807) is 41.1 Å². The maximum absolute atomic E-state index is 12.6. The van der Waals surface area contributed by atoms with Crippen LogP contribution in [0.5, 0.6) is 11.5 Å². The van der Waals surface area contributed by atoms with Crippen LogP contribution in [0, 0.1) is 6.92 Å². The van der Waals surface area contributed by atoms with Crippen LogP contribution in [-0.2, 0) is 0 Å². The maximum Gasteiger partial charge on any atom is 0.185 e. The number of hydrogen-bond donors (Lipinski definition) is 0. The molecule has 0 saturated carbocycles. The summed E-state index contributed by atoms with van der Waals surface area (Å²) in [6.07, 6.45) is 3.15. The molecule has 0 saturated heterocycles. The smallest absolute Gasteiger partial charge is 0.185 e. The van der Waals surface area contributed by atoms with E-state index in [9.17, 15) is 4.79 Å². The van der Waals surface area contributed by atoms with Gasteiger partial charge in [0.15, 0.2) is 17.3 Å². The fourth-order valence-electron chi connectivity index (χ4n) is 2.93. The molecule has 0 amide bonds. The average Bonchev–Trinajstić information content (AvgIpc) is 2.99. The summed E-state index contributed by atoms with van der Waals surface area (Å²) in [4.78, 5) is 12.6. The molecule has 2 heterocycles. The molecule has 0 unspecified atom stereocenters. The molecular weight excluding hydrogens is 399 g/mol. The van der Waals surface area contributed by atoms with Gasteiger partial charge in [-0.2, -0.15) is 5.10 Å². The molecule has 1 aliphatic rings. The van der Waals surface area contributed by atoms with Crippen LogP contribution in [0.15, 0.2) is 48.5 Å². The van der Waals surface area contributed by atoms with Crippen LogP contribution in [0.1, 0.15) is 21.6 Å². The predicted octanol–water partition coefficient (Wildman–Crippen LogP) is 5.15. The predicted molar refractivity (Wildman–Crippen MR) is 109 cm³/mol. The Kier molecular flexibility index (Phi) is 5.11. The van der Waals surface area contributed by atoms with Gasteiger partial charge in [0.1, 0.15) is 18.4 Å². The Morgan fingerprint density at radius 3 is 2.68 bits per heavy atom. The number of fused-ring (bicyclic) bond motifs is 1. The summed E-state index contributed by atoms with van der Waals surface area (Å²) in [6, 6.07) is 12.4. The Labute approximate surface area is 172 Å². The van der Waals surface area contributed by atoms with Gasteiger partial charge in [0.05, 0.1) is 11.4 Å². The van der Waals surface area contributed by atoms with Gasteiger partial charge in [0.2, 0.25) is 0 Å². The van der Waals surface area contributed by atoms with Crippen molar-refractivity contribution in [1.29, 1.82) is 0 Å². The number of aromatic nitrogens is 2. The van der Waals surface area contributed by atoms with Crippen molar-refractivity contribution in [3.63, 3.8) is 0 Å². The minimum absolute atomic E-state index is 0.164. The Balaban J connectivity index is 1.60. The minimum Gasteiger partial charge on any atom is -0.486 e. The van der Waals surface area contributed by atoms with Gasteiger partial charge in [-0.15, -0.1) is 0 Å². The van der Waals surface area contributed by atoms with Crippen LogP contribution < -0.4 is 9.47 Å². The number of benzene rings is 2. The first kappa shape index (κ1) is 18.6. The fraction of sp³-hybridized carbons (Fsp3) is 0.143. The third-order valence-corrected chi connectivity index (χ3v) is 4.93. The van der Waals surface area contributed by atoms with E-state index in [1.165, 1.54) is 6.08 Å². The Morgan fingerprint density at radius 1 is 1.11 bits per heavy atom. The van der Waals surface area contributed by atoms with Gasteiger partial charge >= 0.3 is 0 Å². The Bertz CT molecular complexity index is 1090. The number of ether oxygens (including phenoxy) is 2. The van der Waals surface area contributed by atoms with Gasteiger partial charge in [-0.3, -0.25) is 4.79 Å². The highest BCUT2D eigenvalue weighted by Gasteiger charge is 2.15. The number of nitrogens with zero attached hydrogens (tertiary/aromatic N) is 2. The quantitative estimate of drug-likeness (QED) is 0.437. The van der Waals surface area contributed by atoms with E-state index in [1.807, 2.05) is 19.1 Å². The van der Waals surface area contributed by atoms with Crippen LogP contribution in [-0.4, -0.2) is 28.8 Å². The van der Waals surface area contributed by atoms with Gasteiger partial charge in [-0.25, -0.2) is 4.68 Å². The van der Waals surface area contributed by atoms with Crippen LogP contribution >= 0.6 is 23.2 Å². The highest BCUT2D eigenvalue weighted by Crippen LogP contribution is 2.31. The van der Waals surface area contributed by atoms with Crippen molar-refractivity contribution >= 4 is 35.1 Å². The van der Waals surface area contributed by atoms with Crippen molar-refractivity contribution in [2.75, 3.05) is 13.2 Å². The molecule has 1 aliphatic heterocycles. The number of rotatable bonds is 4. The zero-order valence-corrected chi connectivity index (χ0v) is 16.5. The van der Waals surface area contributed by atoms with Gasteiger partial charge in [0, 0.05) is 16.1 Å². The van der Waals surface area contributed by atoms with Gasteiger partial charge in [0.25, 0.3) is 0 Å². The SMILES string of the molecule is Cc1nn(-c2cccc(Cl)c2)c(Cl)c1C=CC(=O)c1ccc2c(c1)OCCO2. The third-order valence-electron chi connectivity index (χ3n) is 4.33. The molecule has 0 fully saturated rings. The van der Waals surface area contributed by atoms with E-state index < -0.39 is 0 Å². The first-order valence-electron chi connectivity index (χ1n) is 8.66. The van der Waals surface area contributed by atoms with Crippen molar-refractivity contribution in [1.82, 2.24) is 9.78 Å². The second-order valence-corrected chi connectivity index (χ2v) is 7.03. The van der Waals surface area contributed by atoms with Crippen LogP contribution in [0.4, 0.5) is 0 Å². The molecule has 0 aliphatic carbocycles. The highest BCUT2D eigenvalue weighted by atomic mass is 35.5.